The van der Waals surface area contributed by atoms with Crippen LogP contribution in [0.25, 0.3) is 0 Å². The summed E-state index contributed by atoms with van der Waals surface area (Å²) in [5, 5.41) is 10.2. The number of carbonyl (C=O) groups is 3. The second-order valence-corrected chi connectivity index (χ2v) is 19.1. The van der Waals surface area contributed by atoms with Crippen LogP contribution in [0.1, 0.15) is 152 Å². The van der Waals surface area contributed by atoms with Gasteiger partial charge in [-0.05, 0) is 81.9 Å². The molecule has 0 aromatic carbocycles. The highest BCUT2D eigenvalue weighted by molar-refractivity contribution is 7.45. The maximum absolute atomic E-state index is 12.8. The normalized spacial score (nSPS) is 17.7. The Kier molecular flexibility index (Phi) is 26.9. The number of rotatable bonds is 35. The fraction of sp³-hybridized carbons (Fsp3) is 0.729. The molecule has 0 bridgehead atoms. The van der Waals surface area contributed by atoms with Crippen molar-refractivity contribution in [1.29, 1.82) is 0 Å². The van der Waals surface area contributed by atoms with E-state index >= 15 is 0 Å². The second-order valence-electron chi connectivity index (χ2n) is 17.7. The Hall–Kier alpha value is -2.86. The summed E-state index contributed by atoms with van der Waals surface area (Å²) < 4.78 is 40.1. The van der Waals surface area contributed by atoms with E-state index in [1.165, 1.54) is 11.1 Å². The molecule has 0 aliphatic heterocycles. The molecule has 1 aliphatic carbocycles. The lowest BCUT2D eigenvalue weighted by Gasteiger charge is -2.28. The molecular weight excluding hydrogens is 797 g/mol. The van der Waals surface area contributed by atoms with Crippen molar-refractivity contribution in [1.82, 2.24) is 0 Å². The number of aryl methyl sites for hydroxylation is 2. The Morgan fingerprint density at radius 1 is 0.852 bits per heavy atom. The van der Waals surface area contributed by atoms with Crippen LogP contribution in [0.15, 0.2) is 40.9 Å². The van der Waals surface area contributed by atoms with Gasteiger partial charge in [-0.2, -0.15) is 0 Å². The number of ketones is 1. The first-order valence-corrected chi connectivity index (χ1v) is 24.6. The zero-order chi connectivity index (χ0) is 45.1. The molecule has 0 saturated heterocycles. The number of allylic oxidation sites excluding steroid dienone is 5. The Labute approximate surface area is 367 Å². The molecule has 348 valence electrons. The third kappa shape index (κ3) is 24.5. The molecule has 1 aromatic heterocycles. The van der Waals surface area contributed by atoms with Gasteiger partial charge in [-0.3, -0.25) is 18.9 Å². The molecule has 0 radical (unpaired) electrons. The lowest BCUT2D eigenvalue weighted by atomic mass is 9.90. The number of carbonyl (C=O) groups excluding carboxylic acids is 3. The lowest BCUT2D eigenvalue weighted by Crippen LogP contribution is -2.37. The van der Waals surface area contributed by atoms with Gasteiger partial charge in [0, 0.05) is 31.6 Å². The number of esters is 2. The summed E-state index contributed by atoms with van der Waals surface area (Å²) in [7, 11) is 1.03. The Morgan fingerprint density at radius 2 is 1.51 bits per heavy atom. The maximum Gasteiger partial charge on any atom is 0.306 e. The molecule has 2 rings (SSSR count). The predicted octanol–water partition coefficient (Wildman–Crippen LogP) is 9.55. The van der Waals surface area contributed by atoms with Gasteiger partial charge < -0.3 is 37.4 Å². The Morgan fingerprint density at radius 3 is 2.18 bits per heavy atom. The van der Waals surface area contributed by atoms with Crippen LogP contribution in [0, 0.1) is 25.7 Å². The number of nitrogens with zero attached hydrogens (tertiary/aromatic N) is 1. The fourth-order valence-electron chi connectivity index (χ4n) is 7.10. The topological polar surface area (TPSA) is 162 Å². The van der Waals surface area contributed by atoms with Crippen LogP contribution in [0.5, 0.6) is 0 Å². The molecule has 5 atom stereocenters. The fourth-order valence-corrected chi connectivity index (χ4v) is 7.83. The van der Waals surface area contributed by atoms with Crippen LogP contribution in [-0.2, 0) is 50.3 Å². The lowest BCUT2D eigenvalue weighted by molar-refractivity contribution is -0.870. The summed E-state index contributed by atoms with van der Waals surface area (Å²) in [4.78, 5) is 50.2. The molecule has 1 unspecified atom stereocenters. The number of furan rings is 1. The largest absolute Gasteiger partial charge is 0.756 e. The molecule has 0 spiro atoms. The van der Waals surface area contributed by atoms with Crippen molar-refractivity contribution < 1.29 is 56.4 Å². The van der Waals surface area contributed by atoms with Crippen molar-refractivity contribution in [2.45, 2.75) is 168 Å². The van der Waals surface area contributed by atoms with Crippen LogP contribution in [0.3, 0.4) is 0 Å². The molecule has 1 N–H and O–H groups in total. The van der Waals surface area contributed by atoms with Crippen LogP contribution >= 0.6 is 7.82 Å². The van der Waals surface area contributed by atoms with Crippen molar-refractivity contribution in [2.24, 2.45) is 11.8 Å². The number of phosphoric ester groups is 1. The van der Waals surface area contributed by atoms with Gasteiger partial charge in [0.25, 0.3) is 7.82 Å². The monoisotopic (exact) mass is 878 g/mol. The van der Waals surface area contributed by atoms with E-state index in [9.17, 15) is 28.9 Å². The molecule has 1 aliphatic rings. The van der Waals surface area contributed by atoms with Crippen LogP contribution < -0.4 is 4.89 Å². The van der Waals surface area contributed by atoms with E-state index in [-0.39, 0.29) is 43.7 Å². The summed E-state index contributed by atoms with van der Waals surface area (Å²) >= 11 is 0. The van der Waals surface area contributed by atoms with Crippen molar-refractivity contribution in [3.63, 3.8) is 0 Å². The minimum absolute atomic E-state index is 0.0225. The number of likely N-dealkylation sites (N-methyl/N-ethyl adjacent to an activating group) is 1. The molecule has 13 heteroatoms. The smallest absolute Gasteiger partial charge is 0.306 e. The minimum Gasteiger partial charge on any atom is -0.756 e. The number of aliphatic hydroxyl groups is 1. The molecule has 1 heterocycles. The highest BCUT2D eigenvalue weighted by Crippen LogP contribution is 2.38. The van der Waals surface area contributed by atoms with Crippen LogP contribution in [-0.4, -0.2) is 87.0 Å². The van der Waals surface area contributed by atoms with E-state index in [0.717, 1.165) is 95.0 Å². The van der Waals surface area contributed by atoms with Gasteiger partial charge in [0.2, 0.25) is 0 Å². The van der Waals surface area contributed by atoms with E-state index in [0.29, 0.717) is 43.1 Å². The van der Waals surface area contributed by atoms with Gasteiger partial charge in [0.1, 0.15) is 31.3 Å². The number of hydrogen-bond donors (Lipinski definition) is 1. The SMILES string of the molecule is CCCCC[C@H](O)/C=C/[C@H]1C(=O)C=C[C@@H]1C/C=C\CCCC(=O)OC[C@H](COP(=O)([O-])OCC[N+](C)(C)C)OC(=O)CCCCCCCCCCc1oc(CCC)c(C)c1C. The second kappa shape index (κ2) is 30.3. The van der Waals surface area contributed by atoms with Crippen molar-refractivity contribution >= 4 is 25.5 Å². The first-order valence-electron chi connectivity index (χ1n) is 23.1. The molecule has 61 heavy (non-hydrogen) atoms. The Bertz CT molecular complexity index is 1560. The summed E-state index contributed by atoms with van der Waals surface area (Å²) in [6, 6.07) is 0. The molecule has 12 nitrogen and oxygen atoms in total. The van der Waals surface area contributed by atoms with Crippen molar-refractivity contribution in [2.75, 3.05) is 47.5 Å². The number of ether oxygens (including phenoxy) is 2. The van der Waals surface area contributed by atoms with E-state index in [2.05, 4.69) is 27.7 Å². The number of hydrogen-bond acceptors (Lipinski definition) is 11. The average molecular weight is 878 g/mol. The molecule has 0 saturated carbocycles. The molecule has 0 amide bonds. The maximum atomic E-state index is 12.8. The van der Waals surface area contributed by atoms with Crippen molar-refractivity contribution in [3.8, 4) is 0 Å². The third-order valence-electron chi connectivity index (χ3n) is 11.1. The summed E-state index contributed by atoms with van der Waals surface area (Å²) in [6.07, 6.45) is 26.5. The zero-order valence-corrected chi connectivity index (χ0v) is 39.6. The molecule has 1 aromatic rings. The predicted molar refractivity (Wildman–Crippen MR) is 239 cm³/mol. The quantitative estimate of drug-likeness (QED) is 0.0227. The van der Waals surface area contributed by atoms with Gasteiger partial charge in [-0.25, -0.2) is 0 Å². The number of aliphatic hydroxyl groups excluding tert-OH is 1. The van der Waals surface area contributed by atoms with E-state index < -0.39 is 38.6 Å². The van der Waals surface area contributed by atoms with Gasteiger partial charge >= 0.3 is 11.9 Å². The van der Waals surface area contributed by atoms with Gasteiger partial charge in [-0.1, -0.05) is 102 Å². The molecule has 0 fully saturated rings. The van der Waals surface area contributed by atoms with Crippen LogP contribution in [0.2, 0.25) is 0 Å². The highest BCUT2D eigenvalue weighted by Gasteiger charge is 2.27. The zero-order valence-electron chi connectivity index (χ0n) is 38.7. The third-order valence-corrected chi connectivity index (χ3v) is 12.0. The first-order chi connectivity index (χ1) is 29.0. The van der Waals surface area contributed by atoms with Crippen LogP contribution in [0.4, 0.5) is 0 Å². The van der Waals surface area contributed by atoms with Gasteiger partial charge in [0.05, 0.1) is 33.9 Å². The summed E-state index contributed by atoms with van der Waals surface area (Å²) in [5.74, 6) is 1.03. The Balaban J connectivity index is 1.73. The summed E-state index contributed by atoms with van der Waals surface area (Å²) in [6.45, 7) is 8.09. The minimum atomic E-state index is -4.69. The number of unbranched alkanes of at least 4 members (excludes halogenated alkanes) is 10. The van der Waals surface area contributed by atoms with E-state index in [4.69, 9.17) is 22.9 Å². The van der Waals surface area contributed by atoms with E-state index in [1.54, 1.807) is 12.2 Å². The molecular formula is C48H80NO11P. The van der Waals surface area contributed by atoms with Gasteiger partial charge in [0.15, 0.2) is 11.9 Å². The summed E-state index contributed by atoms with van der Waals surface area (Å²) in [5.41, 5.74) is 2.60. The standard InChI is InChI=1S/C48H80NO11P/c1-8-10-19-26-41(50)31-32-43-40(30-33-44(43)51)25-20-17-18-22-28-47(52)56-36-42(37-58-61(54,55)57-35-34-49(5,6)7)59-48(53)29-23-16-14-12-11-13-15-21-27-46-39(4)38(3)45(60-46)24-9-2/h17,20,30-33,40-43,50H,8-16,18-19,21-29,34-37H2,1-7H3/b20-17-,32-31+/t40-,41-,42+,43+/m0/s1. The first kappa shape index (κ1) is 54.3. The number of quaternary nitrogens is 1. The van der Waals surface area contributed by atoms with Gasteiger partial charge in [-0.15, -0.1) is 0 Å². The average Bonchev–Trinajstić information content (AvgIpc) is 3.69. The van der Waals surface area contributed by atoms with E-state index in [1.807, 2.05) is 45.4 Å². The highest BCUT2D eigenvalue weighted by atomic mass is 31.2. The van der Waals surface area contributed by atoms with Crippen molar-refractivity contribution in [3.05, 3.63) is 59.1 Å². The number of phosphoric acid groups is 1.